The molecular formula is C11H17BO. The van der Waals surface area contributed by atoms with Gasteiger partial charge in [-0.2, -0.15) is 0 Å². The molecular weight excluding hydrogens is 159 g/mol. The van der Waals surface area contributed by atoms with Gasteiger partial charge in [0, 0.05) is 12.6 Å². The van der Waals surface area contributed by atoms with Gasteiger partial charge in [-0.15, -0.1) is 0 Å². The third-order valence-electron chi connectivity index (χ3n) is 1.86. The Labute approximate surface area is 82.5 Å². The van der Waals surface area contributed by atoms with Crippen LogP contribution in [0, 0.1) is 0 Å². The van der Waals surface area contributed by atoms with Crippen molar-refractivity contribution in [2.75, 3.05) is 7.11 Å². The van der Waals surface area contributed by atoms with Gasteiger partial charge in [-0.3, -0.25) is 0 Å². The molecule has 0 aliphatic rings. The Morgan fingerprint density at radius 2 is 1.85 bits per heavy atom. The lowest BCUT2D eigenvalue weighted by Crippen LogP contribution is -2.30. The van der Waals surface area contributed by atoms with Crippen LogP contribution in [0.4, 0.5) is 0 Å². The maximum atomic E-state index is 5.83. The van der Waals surface area contributed by atoms with Gasteiger partial charge in [0.2, 0.25) is 0 Å². The van der Waals surface area contributed by atoms with Crippen LogP contribution in [0.2, 0.25) is 0 Å². The maximum absolute atomic E-state index is 5.83. The smallest absolute Gasteiger partial charge is 0.113 e. The van der Waals surface area contributed by atoms with Gasteiger partial charge in [0.25, 0.3) is 0 Å². The van der Waals surface area contributed by atoms with E-state index in [4.69, 9.17) is 12.6 Å². The minimum Gasteiger partial charge on any atom is -0.388 e. The number of hydrogen-bond acceptors (Lipinski definition) is 1. The second-order valence-electron chi connectivity index (χ2n) is 3.18. The van der Waals surface area contributed by atoms with E-state index in [1.54, 1.807) is 7.11 Å². The molecule has 0 aliphatic heterocycles. The van der Waals surface area contributed by atoms with Gasteiger partial charge < -0.3 is 4.74 Å². The zero-order valence-electron chi connectivity index (χ0n) is 7.58. The SMILES string of the molecule is C.[B]C(C)(Cc1ccccc1)OC. The van der Waals surface area contributed by atoms with Crippen molar-refractivity contribution in [3.05, 3.63) is 35.9 Å². The van der Waals surface area contributed by atoms with Gasteiger partial charge in [-0.05, 0) is 18.9 Å². The Balaban J connectivity index is 0.00000144. The van der Waals surface area contributed by atoms with Crippen LogP contribution in [0.1, 0.15) is 19.9 Å². The molecule has 1 aromatic carbocycles. The molecule has 13 heavy (non-hydrogen) atoms. The molecule has 70 valence electrons. The zero-order chi connectivity index (χ0) is 9.03. The molecule has 0 saturated carbocycles. The largest absolute Gasteiger partial charge is 0.388 e. The second kappa shape index (κ2) is 5.08. The van der Waals surface area contributed by atoms with Gasteiger partial charge in [0.05, 0.1) is 0 Å². The van der Waals surface area contributed by atoms with Crippen molar-refractivity contribution in [2.24, 2.45) is 0 Å². The minimum atomic E-state index is -0.554. The number of benzene rings is 1. The summed E-state index contributed by atoms with van der Waals surface area (Å²) in [5.41, 5.74) is 0.644. The van der Waals surface area contributed by atoms with Crippen molar-refractivity contribution in [2.45, 2.75) is 26.3 Å². The first-order valence-electron chi connectivity index (χ1n) is 4.02. The normalized spacial score (nSPS) is 14.3. The summed E-state index contributed by atoms with van der Waals surface area (Å²) in [4.78, 5) is 0. The van der Waals surface area contributed by atoms with Gasteiger partial charge in [0.15, 0.2) is 0 Å². The third-order valence-corrected chi connectivity index (χ3v) is 1.86. The summed E-state index contributed by atoms with van der Waals surface area (Å²) in [6.07, 6.45) is 0.740. The van der Waals surface area contributed by atoms with Crippen molar-refractivity contribution in [1.29, 1.82) is 0 Å². The molecule has 1 rings (SSSR count). The molecule has 0 heterocycles. The Morgan fingerprint density at radius 3 is 2.31 bits per heavy atom. The van der Waals surface area contributed by atoms with Crippen LogP contribution in [0.5, 0.6) is 0 Å². The molecule has 2 heteroatoms. The summed E-state index contributed by atoms with van der Waals surface area (Å²) >= 11 is 0. The Bertz CT molecular complexity index is 231. The fourth-order valence-electron chi connectivity index (χ4n) is 1.07. The molecule has 0 aliphatic carbocycles. The molecule has 1 unspecified atom stereocenters. The Morgan fingerprint density at radius 1 is 1.31 bits per heavy atom. The molecule has 0 aromatic heterocycles. The van der Waals surface area contributed by atoms with Crippen LogP contribution in [0.3, 0.4) is 0 Å². The van der Waals surface area contributed by atoms with Crippen LogP contribution in [0.25, 0.3) is 0 Å². The molecule has 1 aromatic rings. The highest BCUT2D eigenvalue weighted by atomic mass is 16.5. The van der Waals surface area contributed by atoms with Crippen molar-refractivity contribution in [3.63, 3.8) is 0 Å². The van der Waals surface area contributed by atoms with Gasteiger partial charge >= 0.3 is 0 Å². The van der Waals surface area contributed by atoms with Crippen molar-refractivity contribution < 1.29 is 4.74 Å². The van der Waals surface area contributed by atoms with Crippen molar-refractivity contribution in [3.8, 4) is 0 Å². The van der Waals surface area contributed by atoms with E-state index in [1.165, 1.54) is 5.56 Å². The first-order valence-corrected chi connectivity index (χ1v) is 4.02. The second-order valence-corrected chi connectivity index (χ2v) is 3.18. The summed E-state index contributed by atoms with van der Waals surface area (Å²) in [5.74, 6) is 0. The highest BCUT2D eigenvalue weighted by molar-refractivity contribution is 6.14. The van der Waals surface area contributed by atoms with Gasteiger partial charge in [-0.1, -0.05) is 37.8 Å². The first kappa shape index (κ1) is 12.2. The van der Waals surface area contributed by atoms with E-state index >= 15 is 0 Å². The predicted octanol–water partition coefficient (Wildman–Crippen LogP) is 2.40. The average Bonchev–Trinajstić information content (AvgIpc) is 2.06. The fourth-order valence-corrected chi connectivity index (χ4v) is 1.07. The summed E-state index contributed by atoms with van der Waals surface area (Å²) in [5, 5.41) is 0. The number of hydrogen-bond donors (Lipinski definition) is 0. The highest BCUT2D eigenvalue weighted by Gasteiger charge is 2.15. The van der Waals surface area contributed by atoms with E-state index in [0.717, 1.165) is 6.42 Å². The van der Waals surface area contributed by atoms with E-state index in [0.29, 0.717) is 0 Å². The molecule has 2 radical (unpaired) electrons. The maximum Gasteiger partial charge on any atom is 0.113 e. The lowest BCUT2D eigenvalue weighted by molar-refractivity contribution is 0.0797. The lowest BCUT2D eigenvalue weighted by atomic mass is 9.78. The van der Waals surface area contributed by atoms with Crippen LogP contribution in [-0.4, -0.2) is 20.5 Å². The van der Waals surface area contributed by atoms with Gasteiger partial charge in [0.1, 0.15) is 7.85 Å². The molecule has 0 bridgehead atoms. The molecule has 1 atom stereocenters. The minimum absolute atomic E-state index is 0. The summed E-state index contributed by atoms with van der Waals surface area (Å²) in [6, 6.07) is 10.1. The summed E-state index contributed by atoms with van der Waals surface area (Å²) < 4.78 is 5.12. The molecule has 1 nitrogen and oxygen atoms in total. The van der Waals surface area contributed by atoms with E-state index in [9.17, 15) is 0 Å². The van der Waals surface area contributed by atoms with Crippen LogP contribution in [-0.2, 0) is 11.2 Å². The average molecular weight is 176 g/mol. The Kier molecular flexibility index (Phi) is 4.78. The summed E-state index contributed by atoms with van der Waals surface area (Å²) in [7, 11) is 7.45. The molecule has 0 fully saturated rings. The van der Waals surface area contributed by atoms with E-state index in [-0.39, 0.29) is 7.43 Å². The summed E-state index contributed by atoms with van der Waals surface area (Å²) in [6.45, 7) is 1.88. The molecule has 0 saturated heterocycles. The third kappa shape index (κ3) is 4.14. The van der Waals surface area contributed by atoms with Crippen LogP contribution < -0.4 is 0 Å². The van der Waals surface area contributed by atoms with Crippen molar-refractivity contribution >= 4 is 7.85 Å². The number of rotatable bonds is 3. The predicted molar refractivity (Wildman–Crippen MR) is 58.0 cm³/mol. The molecule has 0 spiro atoms. The monoisotopic (exact) mass is 176 g/mol. The highest BCUT2D eigenvalue weighted by Crippen LogP contribution is 2.12. The van der Waals surface area contributed by atoms with E-state index in [1.807, 2.05) is 37.3 Å². The first-order chi connectivity index (χ1) is 5.64. The topological polar surface area (TPSA) is 9.23 Å². The lowest BCUT2D eigenvalue weighted by Gasteiger charge is -2.23. The standard InChI is InChI=1S/C10H13BO.CH4/c1-10(11,12-2)8-9-6-4-3-5-7-9;/h3-7H,8H2,1-2H3;1H4. The number of methoxy groups -OCH3 is 1. The van der Waals surface area contributed by atoms with E-state index in [2.05, 4.69) is 0 Å². The molecule has 0 amide bonds. The van der Waals surface area contributed by atoms with Crippen LogP contribution >= 0.6 is 0 Å². The quantitative estimate of drug-likeness (QED) is 0.642. The number of ether oxygens (including phenoxy) is 1. The zero-order valence-corrected chi connectivity index (χ0v) is 7.58. The van der Waals surface area contributed by atoms with Gasteiger partial charge in [-0.25, -0.2) is 0 Å². The van der Waals surface area contributed by atoms with Crippen molar-refractivity contribution in [1.82, 2.24) is 0 Å². The fraction of sp³-hybridized carbons (Fsp3) is 0.455. The van der Waals surface area contributed by atoms with E-state index < -0.39 is 5.50 Å². The van der Waals surface area contributed by atoms with Crippen LogP contribution in [0.15, 0.2) is 30.3 Å². The Hall–Kier alpha value is -0.755. The molecule has 0 N–H and O–H groups in total.